The first-order chi connectivity index (χ1) is 15.1. The van der Waals surface area contributed by atoms with Crippen molar-refractivity contribution in [2.75, 3.05) is 5.75 Å². The number of nitrogens with zero attached hydrogens (tertiary/aromatic N) is 1. The van der Waals surface area contributed by atoms with Crippen LogP contribution in [0.2, 0.25) is 10.0 Å². The van der Waals surface area contributed by atoms with E-state index in [-0.39, 0.29) is 30.2 Å². The van der Waals surface area contributed by atoms with Gasteiger partial charge in [0.2, 0.25) is 11.8 Å². The van der Waals surface area contributed by atoms with Crippen LogP contribution in [0.5, 0.6) is 0 Å². The van der Waals surface area contributed by atoms with Crippen LogP contribution in [0.1, 0.15) is 49.4 Å². The van der Waals surface area contributed by atoms with Crippen molar-refractivity contribution in [3.05, 3.63) is 68.7 Å². The quantitative estimate of drug-likeness (QED) is 0.429. The van der Waals surface area contributed by atoms with E-state index in [0.29, 0.717) is 22.0 Å². The second-order valence-corrected chi connectivity index (χ2v) is 10.1. The van der Waals surface area contributed by atoms with Gasteiger partial charge >= 0.3 is 0 Å². The predicted molar refractivity (Wildman–Crippen MR) is 136 cm³/mol. The summed E-state index contributed by atoms with van der Waals surface area (Å²) in [4.78, 5) is 27.8. The van der Waals surface area contributed by atoms with E-state index >= 15 is 0 Å². The van der Waals surface area contributed by atoms with Crippen molar-refractivity contribution < 1.29 is 9.59 Å². The minimum atomic E-state index is -0.598. The van der Waals surface area contributed by atoms with Gasteiger partial charge in [0.15, 0.2) is 0 Å². The number of aryl methyl sites for hydroxylation is 2. The van der Waals surface area contributed by atoms with Crippen molar-refractivity contribution in [2.24, 2.45) is 0 Å². The first-order valence-electron chi connectivity index (χ1n) is 10.8. The fourth-order valence-corrected chi connectivity index (χ4v) is 5.01. The Morgan fingerprint density at radius 2 is 1.66 bits per heavy atom. The highest BCUT2D eigenvalue weighted by Gasteiger charge is 2.29. The fourth-order valence-electron chi connectivity index (χ4n) is 3.65. The first-order valence-corrected chi connectivity index (χ1v) is 12.7. The van der Waals surface area contributed by atoms with Gasteiger partial charge in [-0.25, -0.2) is 0 Å². The van der Waals surface area contributed by atoms with E-state index in [0.717, 1.165) is 5.75 Å². The number of thioether (sulfide) groups is 1. The monoisotopic (exact) mass is 494 g/mol. The lowest BCUT2D eigenvalue weighted by Gasteiger charge is -2.31. The summed E-state index contributed by atoms with van der Waals surface area (Å²) in [5.41, 5.74) is 4.25. The highest BCUT2D eigenvalue weighted by atomic mass is 35.5. The number of hydrogen-bond acceptors (Lipinski definition) is 3. The molecule has 0 aliphatic carbocycles. The van der Waals surface area contributed by atoms with E-state index in [2.05, 4.69) is 37.4 Å². The fraction of sp³-hybridized carbons (Fsp3) is 0.440. The van der Waals surface area contributed by atoms with Crippen molar-refractivity contribution >= 4 is 46.8 Å². The van der Waals surface area contributed by atoms with E-state index in [9.17, 15) is 9.59 Å². The summed E-state index contributed by atoms with van der Waals surface area (Å²) in [6.07, 6.45) is 0.494. The zero-order valence-electron chi connectivity index (χ0n) is 19.4. The van der Waals surface area contributed by atoms with E-state index in [1.165, 1.54) is 16.7 Å². The van der Waals surface area contributed by atoms with Crippen LogP contribution in [-0.2, 0) is 21.9 Å². The molecule has 0 aromatic heterocycles. The molecule has 2 rings (SSSR count). The van der Waals surface area contributed by atoms with Crippen LogP contribution in [0.4, 0.5) is 0 Å². The number of carbonyl (C=O) groups excluding carboxylic acids is 2. The molecule has 0 aliphatic rings. The molecule has 0 radical (unpaired) electrons. The molecular weight excluding hydrogens is 463 g/mol. The highest BCUT2D eigenvalue weighted by molar-refractivity contribution is 7.99. The highest BCUT2D eigenvalue weighted by Crippen LogP contribution is 2.27. The van der Waals surface area contributed by atoms with Gasteiger partial charge in [0, 0.05) is 33.9 Å². The molecule has 0 heterocycles. The van der Waals surface area contributed by atoms with Crippen LogP contribution in [0.15, 0.2) is 36.4 Å². The number of halogens is 2. The second kappa shape index (κ2) is 12.5. The summed E-state index contributed by atoms with van der Waals surface area (Å²) in [6, 6.07) is 11.0. The van der Waals surface area contributed by atoms with Crippen molar-refractivity contribution in [3.63, 3.8) is 0 Å². The number of nitrogens with one attached hydrogen (secondary N) is 1. The molecule has 0 saturated heterocycles. The van der Waals surface area contributed by atoms with Crippen molar-refractivity contribution in [2.45, 2.75) is 65.4 Å². The average molecular weight is 496 g/mol. The lowest BCUT2D eigenvalue weighted by atomic mass is 10.1. The van der Waals surface area contributed by atoms with Gasteiger partial charge in [-0.15, -0.1) is 11.8 Å². The maximum atomic E-state index is 13.3. The third-order valence-corrected chi connectivity index (χ3v) is 6.68. The SMILES string of the molecule is CCC(C(=O)NC(C)C)N(Cc1c(Cl)cccc1Cl)C(=O)CSCc1cc(C)cc(C)c1. The summed E-state index contributed by atoms with van der Waals surface area (Å²) < 4.78 is 0. The van der Waals surface area contributed by atoms with Crippen LogP contribution < -0.4 is 5.32 Å². The molecule has 0 saturated carbocycles. The van der Waals surface area contributed by atoms with Crippen LogP contribution in [-0.4, -0.2) is 34.6 Å². The standard InChI is InChI=1S/C25H32Cl2N2O2S/c1-6-23(25(31)28-16(2)3)29(13-20-21(26)8-7-9-22(20)27)24(30)15-32-14-19-11-17(4)10-18(5)12-19/h7-12,16,23H,6,13-15H2,1-5H3,(H,28,31). The average Bonchev–Trinajstić information content (AvgIpc) is 2.68. The number of benzene rings is 2. The summed E-state index contributed by atoms with van der Waals surface area (Å²) in [5.74, 6) is 0.712. The Hall–Kier alpha value is -1.69. The molecular formula is C25H32Cl2N2O2S. The number of rotatable bonds is 10. The lowest BCUT2D eigenvalue weighted by molar-refractivity contribution is -0.139. The molecule has 0 spiro atoms. The van der Waals surface area contributed by atoms with Crippen LogP contribution in [0, 0.1) is 13.8 Å². The van der Waals surface area contributed by atoms with Gasteiger partial charge in [0.05, 0.1) is 5.75 Å². The number of hydrogen-bond donors (Lipinski definition) is 1. The molecule has 2 amide bonds. The van der Waals surface area contributed by atoms with E-state index in [1.807, 2.05) is 20.8 Å². The predicted octanol–water partition coefficient (Wildman–Crippen LogP) is 6.18. The molecule has 1 atom stereocenters. The zero-order valence-corrected chi connectivity index (χ0v) is 21.7. The Kier molecular flexibility index (Phi) is 10.4. The van der Waals surface area contributed by atoms with Crippen LogP contribution >= 0.6 is 35.0 Å². The first kappa shape index (κ1) is 26.6. The van der Waals surface area contributed by atoms with Gasteiger partial charge in [-0.3, -0.25) is 9.59 Å². The second-order valence-electron chi connectivity index (χ2n) is 8.30. The molecule has 174 valence electrons. The van der Waals surface area contributed by atoms with E-state index in [1.54, 1.807) is 34.9 Å². The van der Waals surface area contributed by atoms with E-state index < -0.39 is 6.04 Å². The Morgan fingerprint density at radius 1 is 1.06 bits per heavy atom. The summed E-state index contributed by atoms with van der Waals surface area (Å²) in [6.45, 7) is 10.0. The van der Waals surface area contributed by atoms with Gasteiger partial charge in [-0.05, 0) is 51.8 Å². The maximum Gasteiger partial charge on any atom is 0.243 e. The molecule has 1 unspecified atom stereocenters. The Bertz CT molecular complexity index is 909. The van der Waals surface area contributed by atoms with Crippen molar-refractivity contribution in [1.29, 1.82) is 0 Å². The van der Waals surface area contributed by atoms with E-state index in [4.69, 9.17) is 23.2 Å². The van der Waals surface area contributed by atoms with Gasteiger partial charge in [0.1, 0.15) is 6.04 Å². The molecule has 4 nitrogen and oxygen atoms in total. The molecule has 7 heteroatoms. The van der Waals surface area contributed by atoms with Crippen molar-refractivity contribution in [3.8, 4) is 0 Å². The van der Waals surface area contributed by atoms with Crippen LogP contribution in [0.3, 0.4) is 0 Å². The number of carbonyl (C=O) groups is 2. The molecule has 2 aromatic carbocycles. The largest absolute Gasteiger partial charge is 0.352 e. The third kappa shape index (κ3) is 7.72. The lowest BCUT2D eigenvalue weighted by Crippen LogP contribution is -2.51. The molecule has 2 aromatic rings. The Labute approximate surface area is 206 Å². The molecule has 0 fully saturated rings. The minimum absolute atomic E-state index is 0.0173. The maximum absolute atomic E-state index is 13.3. The summed E-state index contributed by atoms with van der Waals surface area (Å²) in [5, 5.41) is 3.90. The molecule has 0 aliphatic heterocycles. The van der Waals surface area contributed by atoms with Crippen LogP contribution in [0.25, 0.3) is 0 Å². The Morgan fingerprint density at radius 3 is 2.19 bits per heavy atom. The molecule has 1 N–H and O–H groups in total. The Balaban J connectivity index is 2.21. The zero-order chi connectivity index (χ0) is 23.8. The third-order valence-electron chi connectivity index (χ3n) is 4.98. The minimum Gasteiger partial charge on any atom is -0.352 e. The summed E-state index contributed by atoms with van der Waals surface area (Å²) in [7, 11) is 0. The normalized spacial score (nSPS) is 12.0. The smallest absolute Gasteiger partial charge is 0.243 e. The topological polar surface area (TPSA) is 49.4 Å². The van der Waals surface area contributed by atoms with Crippen molar-refractivity contribution in [1.82, 2.24) is 10.2 Å². The molecule has 0 bridgehead atoms. The molecule has 32 heavy (non-hydrogen) atoms. The van der Waals surface area contributed by atoms with Gasteiger partial charge in [-0.1, -0.05) is 65.5 Å². The van der Waals surface area contributed by atoms with Gasteiger partial charge in [-0.2, -0.15) is 0 Å². The number of amides is 2. The van der Waals surface area contributed by atoms with Gasteiger partial charge in [0.25, 0.3) is 0 Å². The van der Waals surface area contributed by atoms with Gasteiger partial charge < -0.3 is 10.2 Å². The summed E-state index contributed by atoms with van der Waals surface area (Å²) >= 11 is 14.3.